The van der Waals surface area contributed by atoms with Crippen molar-refractivity contribution >= 4 is 21.6 Å². The fourth-order valence-corrected chi connectivity index (χ4v) is 4.53. The topological polar surface area (TPSA) is 68.1 Å². The molecule has 2 heterocycles. The van der Waals surface area contributed by atoms with Gasteiger partial charge < -0.3 is 0 Å². The highest BCUT2D eigenvalue weighted by Gasteiger charge is 2.38. The molecule has 1 aromatic heterocycles. The third-order valence-corrected chi connectivity index (χ3v) is 6.37. The molecule has 0 unspecified atom stereocenters. The van der Waals surface area contributed by atoms with Gasteiger partial charge in [0.05, 0.1) is 17.1 Å². The third-order valence-electron chi connectivity index (χ3n) is 4.29. The fourth-order valence-electron chi connectivity index (χ4n) is 2.83. The van der Waals surface area contributed by atoms with Gasteiger partial charge in [-0.3, -0.25) is 0 Å². The van der Waals surface area contributed by atoms with Gasteiger partial charge in [-0.15, -0.1) is 5.10 Å². The number of nitrogens with zero attached hydrogens (tertiary/aromatic N) is 4. The summed E-state index contributed by atoms with van der Waals surface area (Å²) >= 11 is 6.01. The molecule has 0 atom stereocenters. The monoisotopic (exact) mass is 374 g/mol. The Kier molecular flexibility index (Phi) is 4.07. The highest BCUT2D eigenvalue weighted by molar-refractivity contribution is 7.89. The van der Waals surface area contributed by atoms with Crippen molar-refractivity contribution in [3.8, 4) is 11.1 Å². The summed E-state index contributed by atoms with van der Waals surface area (Å²) in [6.45, 7) is 0.809. The van der Waals surface area contributed by atoms with Gasteiger partial charge in [0.15, 0.2) is 0 Å². The lowest BCUT2D eigenvalue weighted by Gasteiger charge is -2.37. The molecule has 4 rings (SSSR count). The van der Waals surface area contributed by atoms with E-state index in [-0.39, 0.29) is 10.9 Å². The van der Waals surface area contributed by atoms with E-state index in [1.807, 2.05) is 18.2 Å². The van der Waals surface area contributed by atoms with Crippen LogP contribution < -0.4 is 0 Å². The quantitative estimate of drug-likeness (QED) is 0.704. The van der Waals surface area contributed by atoms with E-state index in [1.54, 1.807) is 47.4 Å². The van der Waals surface area contributed by atoms with Gasteiger partial charge in [0.1, 0.15) is 0 Å². The van der Waals surface area contributed by atoms with Crippen molar-refractivity contribution in [3.05, 3.63) is 65.9 Å². The molecule has 0 aliphatic carbocycles. The maximum Gasteiger partial charge on any atom is 0.243 e. The fraction of sp³-hybridized carbons (Fsp3) is 0.176. The highest BCUT2D eigenvalue weighted by atomic mass is 35.5. The maximum atomic E-state index is 12.7. The SMILES string of the molecule is O=S(=O)(c1ccc(-c2cccc(Cl)c2)cc1)N1CC(n2ccnn2)C1. The van der Waals surface area contributed by atoms with Crippen molar-refractivity contribution in [2.24, 2.45) is 0 Å². The Balaban J connectivity index is 1.52. The number of hydrogen-bond acceptors (Lipinski definition) is 4. The van der Waals surface area contributed by atoms with Crippen LogP contribution in [0.25, 0.3) is 11.1 Å². The smallest absolute Gasteiger partial charge is 0.243 e. The molecule has 2 aromatic carbocycles. The number of sulfonamides is 1. The first-order valence-corrected chi connectivity index (χ1v) is 9.58. The molecule has 6 nitrogen and oxygen atoms in total. The van der Waals surface area contributed by atoms with E-state index in [0.717, 1.165) is 11.1 Å². The minimum absolute atomic E-state index is 0.0445. The van der Waals surface area contributed by atoms with Crippen LogP contribution in [0, 0.1) is 0 Å². The minimum atomic E-state index is -3.49. The molecule has 8 heteroatoms. The summed E-state index contributed by atoms with van der Waals surface area (Å²) in [5.74, 6) is 0. The average Bonchev–Trinajstić information content (AvgIpc) is 3.07. The second kappa shape index (κ2) is 6.25. The van der Waals surface area contributed by atoms with E-state index in [2.05, 4.69) is 10.3 Å². The number of hydrogen-bond donors (Lipinski definition) is 0. The lowest BCUT2D eigenvalue weighted by atomic mass is 10.1. The van der Waals surface area contributed by atoms with Gasteiger partial charge in [-0.05, 0) is 35.4 Å². The summed E-state index contributed by atoms with van der Waals surface area (Å²) in [7, 11) is -3.49. The van der Waals surface area contributed by atoms with E-state index in [9.17, 15) is 8.42 Å². The van der Waals surface area contributed by atoms with Crippen LogP contribution in [0.2, 0.25) is 5.02 Å². The van der Waals surface area contributed by atoms with E-state index in [0.29, 0.717) is 18.1 Å². The molecule has 1 fully saturated rings. The van der Waals surface area contributed by atoms with E-state index in [1.165, 1.54) is 4.31 Å². The molecule has 0 amide bonds. The Morgan fingerprint density at radius 2 is 1.80 bits per heavy atom. The van der Waals surface area contributed by atoms with Gasteiger partial charge >= 0.3 is 0 Å². The van der Waals surface area contributed by atoms with Crippen LogP contribution in [-0.2, 0) is 10.0 Å². The second-order valence-corrected chi connectivity index (χ2v) is 8.27. The molecule has 0 saturated carbocycles. The van der Waals surface area contributed by atoms with Crippen LogP contribution in [0.1, 0.15) is 6.04 Å². The Bertz CT molecular complexity index is 982. The van der Waals surface area contributed by atoms with Crippen molar-refractivity contribution in [1.29, 1.82) is 0 Å². The molecule has 3 aromatic rings. The lowest BCUT2D eigenvalue weighted by Crippen LogP contribution is -2.50. The first-order valence-electron chi connectivity index (χ1n) is 7.76. The van der Waals surface area contributed by atoms with E-state index in [4.69, 9.17) is 11.6 Å². The van der Waals surface area contributed by atoms with Crippen molar-refractivity contribution in [2.75, 3.05) is 13.1 Å². The molecule has 0 N–H and O–H groups in total. The van der Waals surface area contributed by atoms with Gasteiger partial charge in [-0.25, -0.2) is 13.1 Å². The van der Waals surface area contributed by atoms with E-state index < -0.39 is 10.0 Å². The van der Waals surface area contributed by atoms with Gasteiger partial charge in [0.25, 0.3) is 0 Å². The van der Waals surface area contributed by atoms with Crippen molar-refractivity contribution in [2.45, 2.75) is 10.9 Å². The normalized spacial score (nSPS) is 15.9. The number of rotatable bonds is 4. The Morgan fingerprint density at radius 1 is 1.04 bits per heavy atom. The van der Waals surface area contributed by atoms with Crippen LogP contribution in [0.3, 0.4) is 0 Å². The summed E-state index contributed by atoms with van der Waals surface area (Å²) in [6, 6.07) is 14.4. The zero-order chi connectivity index (χ0) is 17.4. The standard InChI is InChI=1S/C17H15ClN4O2S/c18-15-3-1-2-14(10-15)13-4-6-17(7-5-13)25(23,24)21-11-16(12-21)22-9-8-19-20-22/h1-10,16H,11-12H2. The highest BCUT2D eigenvalue weighted by Crippen LogP contribution is 2.29. The molecule has 128 valence electrons. The molecule has 1 aliphatic rings. The summed E-state index contributed by atoms with van der Waals surface area (Å²) in [4.78, 5) is 0.287. The number of benzene rings is 2. The maximum absolute atomic E-state index is 12.7. The Morgan fingerprint density at radius 3 is 2.44 bits per heavy atom. The molecule has 0 radical (unpaired) electrons. The predicted molar refractivity (Wildman–Crippen MR) is 94.7 cm³/mol. The molecule has 0 bridgehead atoms. The molecule has 1 saturated heterocycles. The second-order valence-electron chi connectivity index (χ2n) is 5.89. The Hall–Kier alpha value is -2.22. The van der Waals surface area contributed by atoms with Gasteiger partial charge in [0.2, 0.25) is 10.0 Å². The lowest BCUT2D eigenvalue weighted by molar-refractivity contribution is 0.189. The van der Waals surface area contributed by atoms with Gasteiger partial charge in [0, 0.05) is 24.3 Å². The van der Waals surface area contributed by atoms with E-state index >= 15 is 0 Å². The first-order chi connectivity index (χ1) is 12.0. The van der Waals surface area contributed by atoms with Crippen LogP contribution in [0.5, 0.6) is 0 Å². The van der Waals surface area contributed by atoms with Gasteiger partial charge in [-0.1, -0.05) is 41.1 Å². The molecular formula is C17H15ClN4O2S. The van der Waals surface area contributed by atoms with Crippen LogP contribution in [0.15, 0.2) is 65.8 Å². The molecule has 25 heavy (non-hydrogen) atoms. The van der Waals surface area contributed by atoms with Crippen molar-refractivity contribution in [1.82, 2.24) is 19.3 Å². The third kappa shape index (κ3) is 3.06. The van der Waals surface area contributed by atoms with Crippen LogP contribution in [0.4, 0.5) is 0 Å². The zero-order valence-electron chi connectivity index (χ0n) is 13.2. The summed E-state index contributed by atoms with van der Waals surface area (Å²) in [6.07, 6.45) is 3.33. The largest absolute Gasteiger partial charge is 0.247 e. The Labute approximate surface area is 150 Å². The minimum Gasteiger partial charge on any atom is -0.247 e. The van der Waals surface area contributed by atoms with Crippen LogP contribution in [-0.4, -0.2) is 40.8 Å². The van der Waals surface area contributed by atoms with Crippen molar-refractivity contribution < 1.29 is 8.42 Å². The molecule has 1 aliphatic heterocycles. The van der Waals surface area contributed by atoms with Crippen LogP contribution >= 0.6 is 11.6 Å². The summed E-state index contributed by atoms with van der Waals surface area (Å²) < 4.78 is 28.5. The average molecular weight is 375 g/mol. The number of halogens is 1. The summed E-state index contributed by atoms with van der Waals surface area (Å²) in [5.41, 5.74) is 1.87. The molecular weight excluding hydrogens is 360 g/mol. The van der Waals surface area contributed by atoms with Crippen molar-refractivity contribution in [3.63, 3.8) is 0 Å². The number of aromatic nitrogens is 3. The first kappa shape index (κ1) is 16.3. The predicted octanol–water partition coefficient (Wildman–Crippen LogP) is 2.84. The summed E-state index contributed by atoms with van der Waals surface area (Å²) in [5, 5.41) is 8.31. The van der Waals surface area contributed by atoms with Gasteiger partial charge in [-0.2, -0.15) is 4.31 Å². The molecule has 0 spiro atoms. The zero-order valence-corrected chi connectivity index (χ0v) is 14.7.